The van der Waals surface area contributed by atoms with E-state index in [0.29, 0.717) is 6.04 Å². The number of methoxy groups -OCH3 is 1. The van der Waals surface area contributed by atoms with E-state index < -0.39 is 0 Å². The van der Waals surface area contributed by atoms with Crippen LogP contribution in [0.1, 0.15) is 32.6 Å². The molecule has 1 aliphatic rings. The van der Waals surface area contributed by atoms with E-state index in [1.165, 1.54) is 25.7 Å². The van der Waals surface area contributed by atoms with Crippen LogP contribution in [-0.4, -0.2) is 13.2 Å². The topological polar surface area (TPSA) is 21.3 Å². The third-order valence-corrected chi connectivity index (χ3v) is 4.39. The molecule has 0 radical (unpaired) electrons. The summed E-state index contributed by atoms with van der Waals surface area (Å²) in [6.07, 6.45) is 5.24. The van der Waals surface area contributed by atoms with E-state index in [4.69, 9.17) is 4.74 Å². The molecule has 2 atom stereocenters. The van der Waals surface area contributed by atoms with Gasteiger partial charge in [0, 0.05) is 16.6 Å². The fourth-order valence-corrected chi connectivity index (χ4v) is 3.02. The molecular formula is C14H20BrNO. The van der Waals surface area contributed by atoms with Crippen molar-refractivity contribution >= 4 is 21.6 Å². The second-order valence-electron chi connectivity index (χ2n) is 4.70. The molecule has 0 bridgehead atoms. The van der Waals surface area contributed by atoms with Gasteiger partial charge in [-0.05, 0) is 46.8 Å². The van der Waals surface area contributed by atoms with Gasteiger partial charge in [0.2, 0.25) is 0 Å². The third-order valence-electron chi connectivity index (χ3n) is 3.70. The number of hydrogen-bond donors (Lipinski definition) is 1. The van der Waals surface area contributed by atoms with Crippen LogP contribution in [-0.2, 0) is 0 Å². The quantitative estimate of drug-likeness (QED) is 0.886. The summed E-state index contributed by atoms with van der Waals surface area (Å²) in [5.41, 5.74) is 1.15. The summed E-state index contributed by atoms with van der Waals surface area (Å²) in [6, 6.07) is 6.69. The van der Waals surface area contributed by atoms with Gasteiger partial charge in [0.15, 0.2) is 0 Å². The lowest BCUT2D eigenvalue weighted by Gasteiger charge is -2.22. The van der Waals surface area contributed by atoms with Gasteiger partial charge >= 0.3 is 0 Å². The normalized spacial score (nSPS) is 23.7. The van der Waals surface area contributed by atoms with Gasteiger partial charge < -0.3 is 10.1 Å². The van der Waals surface area contributed by atoms with Crippen LogP contribution >= 0.6 is 15.9 Å². The summed E-state index contributed by atoms with van der Waals surface area (Å²) < 4.78 is 6.38. The Morgan fingerprint density at radius 3 is 2.94 bits per heavy atom. The van der Waals surface area contributed by atoms with Crippen LogP contribution in [0.15, 0.2) is 22.7 Å². The molecule has 1 fully saturated rings. The highest BCUT2D eigenvalue weighted by atomic mass is 79.9. The van der Waals surface area contributed by atoms with Crippen LogP contribution in [0.25, 0.3) is 0 Å². The number of ether oxygens (including phenoxy) is 1. The first kappa shape index (κ1) is 12.7. The van der Waals surface area contributed by atoms with Crippen LogP contribution < -0.4 is 10.1 Å². The molecule has 0 heterocycles. The number of hydrogen-bond acceptors (Lipinski definition) is 2. The Labute approximate surface area is 112 Å². The molecule has 1 aromatic carbocycles. The Kier molecular flexibility index (Phi) is 4.32. The zero-order chi connectivity index (χ0) is 12.3. The molecule has 1 aliphatic carbocycles. The summed E-state index contributed by atoms with van der Waals surface area (Å²) in [5, 5.41) is 3.66. The lowest BCUT2D eigenvalue weighted by atomic mass is 10.0. The Morgan fingerprint density at radius 2 is 2.24 bits per heavy atom. The molecule has 94 valence electrons. The van der Waals surface area contributed by atoms with Gasteiger partial charge in [-0.25, -0.2) is 0 Å². The minimum Gasteiger partial charge on any atom is -0.497 e. The number of rotatable bonds is 4. The maximum Gasteiger partial charge on any atom is 0.121 e. The van der Waals surface area contributed by atoms with Crippen molar-refractivity contribution in [2.45, 2.75) is 38.6 Å². The first-order valence-electron chi connectivity index (χ1n) is 6.34. The van der Waals surface area contributed by atoms with Crippen molar-refractivity contribution in [3.63, 3.8) is 0 Å². The van der Waals surface area contributed by atoms with E-state index in [1.807, 2.05) is 12.1 Å². The van der Waals surface area contributed by atoms with Crippen molar-refractivity contribution in [1.29, 1.82) is 0 Å². The number of nitrogens with one attached hydrogen (secondary N) is 1. The second kappa shape index (κ2) is 5.76. The van der Waals surface area contributed by atoms with Gasteiger partial charge in [0.1, 0.15) is 5.75 Å². The van der Waals surface area contributed by atoms with Gasteiger partial charge in [0.05, 0.1) is 12.8 Å². The van der Waals surface area contributed by atoms with Gasteiger partial charge in [-0.3, -0.25) is 0 Å². The van der Waals surface area contributed by atoms with Crippen molar-refractivity contribution in [3.8, 4) is 5.75 Å². The average Bonchev–Trinajstić information content (AvgIpc) is 2.79. The van der Waals surface area contributed by atoms with Gasteiger partial charge in [-0.15, -0.1) is 0 Å². The molecule has 2 rings (SSSR count). The maximum atomic E-state index is 5.27. The van der Waals surface area contributed by atoms with E-state index in [9.17, 15) is 0 Å². The zero-order valence-corrected chi connectivity index (χ0v) is 12.1. The SMILES string of the molecule is CCC1CCCC1Nc1cc(OC)ccc1Br. The van der Waals surface area contributed by atoms with Crippen LogP contribution in [0.2, 0.25) is 0 Å². The maximum absolute atomic E-state index is 5.27. The number of anilines is 1. The molecule has 0 aliphatic heterocycles. The lowest BCUT2D eigenvalue weighted by Crippen LogP contribution is -2.23. The molecule has 2 nitrogen and oxygen atoms in total. The minimum atomic E-state index is 0.614. The fraction of sp³-hybridized carbons (Fsp3) is 0.571. The number of benzene rings is 1. The number of halogens is 1. The standard InChI is InChI=1S/C14H20BrNO/c1-3-10-5-4-6-13(10)16-14-9-11(17-2)7-8-12(14)15/h7-10,13,16H,3-6H2,1-2H3. The van der Waals surface area contributed by atoms with E-state index >= 15 is 0 Å². The highest BCUT2D eigenvalue weighted by Crippen LogP contribution is 2.34. The highest BCUT2D eigenvalue weighted by Gasteiger charge is 2.25. The largest absolute Gasteiger partial charge is 0.497 e. The first-order chi connectivity index (χ1) is 8.24. The minimum absolute atomic E-state index is 0.614. The molecule has 0 amide bonds. The molecule has 1 saturated carbocycles. The van der Waals surface area contributed by atoms with E-state index in [-0.39, 0.29) is 0 Å². The van der Waals surface area contributed by atoms with Crippen LogP contribution in [0.3, 0.4) is 0 Å². The van der Waals surface area contributed by atoms with E-state index in [0.717, 1.165) is 21.8 Å². The molecule has 2 unspecified atom stereocenters. The second-order valence-corrected chi connectivity index (χ2v) is 5.55. The van der Waals surface area contributed by atoms with Crippen molar-refractivity contribution in [2.75, 3.05) is 12.4 Å². The third kappa shape index (κ3) is 2.95. The fourth-order valence-electron chi connectivity index (χ4n) is 2.66. The van der Waals surface area contributed by atoms with Crippen LogP contribution in [0, 0.1) is 5.92 Å². The molecule has 0 saturated heterocycles. The molecule has 17 heavy (non-hydrogen) atoms. The van der Waals surface area contributed by atoms with Crippen molar-refractivity contribution < 1.29 is 4.74 Å². The molecular weight excluding hydrogens is 278 g/mol. The predicted octanol–water partition coefficient (Wildman–Crippen LogP) is 4.45. The average molecular weight is 298 g/mol. The highest BCUT2D eigenvalue weighted by molar-refractivity contribution is 9.10. The Balaban J connectivity index is 2.12. The molecule has 1 aromatic rings. The molecule has 0 aromatic heterocycles. The van der Waals surface area contributed by atoms with E-state index in [2.05, 4.69) is 34.2 Å². The predicted molar refractivity (Wildman–Crippen MR) is 75.7 cm³/mol. The summed E-state index contributed by atoms with van der Waals surface area (Å²) in [5.74, 6) is 1.72. The summed E-state index contributed by atoms with van der Waals surface area (Å²) in [6.45, 7) is 2.28. The smallest absolute Gasteiger partial charge is 0.121 e. The van der Waals surface area contributed by atoms with Gasteiger partial charge in [0.25, 0.3) is 0 Å². The van der Waals surface area contributed by atoms with Crippen LogP contribution in [0.4, 0.5) is 5.69 Å². The summed E-state index contributed by atoms with van der Waals surface area (Å²) >= 11 is 3.59. The van der Waals surface area contributed by atoms with Crippen molar-refractivity contribution in [2.24, 2.45) is 5.92 Å². The Morgan fingerprint density at radius 1 is 1.41 bits per heavy atom. The van der Waals surface area contributed by atoms with Crippen molar-refractivity contribution in [1.82, 2.24) is 0 Å². The Hall–Kier alpha value is -0.700. The molecule has 3 heteroatoms. The molecule has 1 N–H and O–H groups in total. The Bertz CT molecular complexity index is 380. The monoisotopic (exact) mass is 297 g/mol. The summed E-state index contributed by atoms with van der Waals surface area (Å²) in [4.78, 5) is 0. The molecule has 0 spiro atoms. The zero-order valence-electron chi connectivity index (χ0n) is 10.5. The lowest BCUT2D eigenvalue weighted by molar-refractivity contribution is 0.414. The van der Waals surface area contributed by atoms with Crippen LogP contribution in [0.5, 0.6) is 5.75 Å². The van der Waals surface area contributed by atoms with Crippen molar-refractivity contribution in [3.05, 3.63) is 22.7 Å². The summed E-state index contributed by atoms with van der Waals surface area (Å²) in [7, 11) is 1.71. The van der Waals surface area contributed by atoms with Gasteiger partial charge in [-0.1, -0.05) is 19.8 Å². The first-order valence-corrected chi connectivity index (χ1v) is 7.14. The van der Waals surface area contributed by atoms with Gasteiger partial charge in [-0.2, -0.15) is 0 Å². The van der Waals surface area contributed by atoms with E-state index in [1.54, 1.807) is 7.11 Å².